The highest BCUT2D eigenvalue weighted by molar-refractivity contribution is 8.22. The molecule has 0 saturated carbocycles. The minimum absolute atomic E-state index is 1.20. The summed E-state index contributed by atoms with van der Waals surface area (Å²) in [6.45, 7) is 2.18. The Morgan fingerprint density at radius 3 is 2.29 bits per heavy atom. The van der Waals surface area contributed by atoms with Gasteiger partial charge in [0, 0.05) is 6.42 Å². The number of hydrogen-bond donors (Lipinski definition) is 0. The maximum Gasteiger partial charge on any atom is 0.233 e. The first-order valence-electron chi connectivity index (χ1n) is 2.29. The predicted octanol–water partition coefficient (Wildman–Crippen LogP) is 1.60. The lowest BCUT2D eigenvalue weighted by Gasteiger charge is -1.79. The van der Waals surface area contributed by atoms with Gasteiger partial charge < -0.3 is 0 Å². The molecule has 0 aliphatic carbocycles. The fraction of sp³-hybridized carbons (Fsp3) is 0.800. The third kappa shape index (κ3) is 3.06. The first-order chi connectivity index (χ1) is 3.35. The van der Waals surface area contributed by atoms with E-state index in [4.69, 9.17) is 0 Å². The zero-order valence-electron chi connectivity index (χ0n) is 5.02. The Morgan fingerprint density at radius 2 is 2.29 bits per heavy atom. The monoisotopic (exact) mass is 135 g/mol. The van der Waals surface area contributed by atoms with Crippen LogP contribution < -0.4 is 0 Å². The SMILES string of the molecule is CCC(SC)=[S+]C. The molecule has 7 heavy (non-hydrogen) atoms. The molecule has 0 rings (SSSR count). The first kappa shape index (κ1) is 7.44. The van der Waals surface area contributed by atoms with Crippen LogP contribution in [0.15, 0.2) is 0 Å². The highest BCUT2D eigenvalue weighted by atomic mass is 32.2. The van der Waals surface area contributed by atoms with E-state index in [1.54, 1.807) is 0 Å². The van der Waals surface area contributed by atoms with E-state index in [2.05, 4.69) is 19.4 Å². The molecular formula is C5H11S2+. The number of rotatable bonds is 1. The molecule has 2 heteroatoms. The van der Waals surface area contributed by atoms with Gasteiger partial charge in [-0.2, -0.15) is 0 Å². The van der Waals surface area contributed by atoms with Gasteiger partial charge in [0.25, 0.3) is 0 Å². The second kappa shape index (κ2) is 4.60. The molecule has 0 aliphatic heterocycles. The molecule has 0 aromatic carbocycles. The fourth-order valence-electron chi connectivity index (χ4n) is 0.372. The van der Waals surface area contributed by atoms with E-state index >= 15 is 0 Å². The molecule has 0 unspecified atom stereocenters. The van der Waals surface area contributed by atoms with E-state index in [0.717, 1.165) is 0 Å². The van der Waals surface area contributed by atoms with Crippen LogP contribution in [0.25, 0.3) is 0 Å². The van der Waals surface area contributed by atoms with Crippen LogP contribution in [-0.2, 0) is 11.4 Å². The lowest BCUT2D eigenvalue weighted by molar-refractivity contribution is 1.34. The van der Waals surface area contributed by atoms with E-state index in [0.29, 0.717) is 0 Å². The molecule has 0 aromatic rings. The molecule has 0 nitrogen and oxygen atoms in total. The summed E-state index contributed by atoms with van der Waals surface area (Å²) in [5, 5.41) is 0. The summed E-state index contributed by atoms with van der Waals surface area (Å²) in [6, 6.07) is 0. The largest absolute Gasteiger partial charge is 0.233 e. The Bertz CT molecular complexity index is 60.5. The van der Waals surface area contributed by atoms with Gasteiger partial charge in [0.1, 0.15) is 0 Å². The van der Waals surface area contributed by atoms with Crippen molar-refractivity contribution in [3.63, 3.8) is 0 Å². The Hall–Kier alpha value is 0.440. The predicted molar refractivity (Wildman–Crippen MR) is 42.1 cm³/mol. The van der Waals surface area contributed by atoms with Crippen LogP contribution in [0.2, 0.25) is 0 Å². The van der Waals surface area contributed by atoms with Crippen LogP contribution in [0.5, 0.6) is 0 Å². The van der Waals surface area contributed by atoms with Crippen LogP contribution in [0.3, 0.4) is 0 Å². The third-order valence-corrected chi connectivity index (χ3v) is 3.23. The van der Waals surface area contributed by atoms with Gasteiger partial charge in [0.15, 0.2) is 17.6 Å². The molecule has 0 saturated heterocycles. The molecule has 0 heterocycles. The highest BCUT2D eigenvalue weighted by Gasteiger charge is 1.98. The van der Waals surface area contributed by atoms with Gasteiger partial charge in [-0.25, -0.2) is 0 Å². The van der Waals surface area contributed by atoms with Crippen molar-refractivity contribution in [2.24, 2.45) is 0 Å². The van der Waals surface area contributed by atoms with E-state index < -0.39 is 0 Å². The van der Waals surface area contributed by atoms with Crippen molar-refractivity contribution < 1.29 is 0 Å². The average molecular weight is 135 g/mol. The van der Waals surface area contributed by atoms with Crippen LogP contribution in [0, 0.1) is 0 Å². The average Bonchev–Trinajstić information content (AvgIpc) is 1.72. The Kier molecular flexibility index (Phi) is 4.88. The highest BCUT2D eigenvalue weighted by Crippen LogP contribution is 1.98. The summed E-state index contributed by atoms with van der Waals surface area (Å²) in [7, 11) is 0. The van der Waals surface area contributed by atoms with Crippen molar-refractivity contribution in [3.05, 3.63) is 0 Å². The standard InChI is InChI=1S/C5H11S2/c1-4-5(6-2)7-3/h4H2,1-3H3/q+1. The molecule has 0 radical (unpaired) electrons. The quantitative estimate of drug-likeness (QED) is 0.389. The molecule has 0 aromatic heterocycles. The Morgan fingerprint density at radius 1 is 1.71 bits per heavy atom. The molecule has 0 fully saturated rings. The first-order valence-corrected chi connectivity index (χ1v) is 4.73. The Labute approximate surface area is 53.6 Å². The summed E-state index contributed by atoms with van der Waals surface area (Å²) >= 11 is 3.70. The summed E-state index contributed by atoms with van der Waals surface area (Å²) in [6.07, 6.45) is 5.44. The van der Waals surface area contributed by atoms with E-state index in [1.165, 1.54) is 10.6 Å². The van der Waals surface area contributed by atoms with Crippen LogP contribution in [0.4, 0.5) is 0 Å². The van der Waals surface area contributed by atoms with Crippen molar-refractivity contribution in [1.29, 1.82) is 0 Å². The van der Waals surface area contributed by atoms with E-state index in [1.807, 2.05) is 23.1 Å². The number of hydrogen-bond acceptors (Lipinski definition) is 1. The summed E-state index contributed by atoms with van der Waals surface area (Å²) in [5.74, 6) is 0. The lowest BCUT2D eigenvalue weighted by atomic mass is 10.6. The van der Waals surface area contributed by atoms with Crippen molar-refractivity contribution in [2.75, 3.05) is 12.5 Å². The zero-order chi connectivity index (χ0) is 5.70. The lowest BCUT2D eigenvalue weighted by Crippen LogP contribution is -1.86. The molecule has 42 valence electrons. The minimum atomic E-state index is 1.20. The fourth-order valence-corrected chi connectivity index (χ4v) is 1.62. The zero-order valence-corrected chi connectivity index (χ0v) is 6.66. The van der Waals surface area contributed by atoms with Gasteiger partial charge in [-0.15, -0.1) is 0 Å². The smallest absolute Gasteiger partial charge is 0.0734 e. The van der Waals surface area contributed by atoms with E-state index in [9.17, 15) is 0 Å². The van der Waals surface area contributed by atoms with Crippen molar-refractivity contribution in [2.45, 2.75) is 13.3 Å². The van der Waals surface area contributed by atoms with Crippen molar-refractivity contribution in [3.8, 4) is 0 Å². The molecule has 0 spiro atoms. The summed E-state index contributed by atoms with van der Waals surface area (Å²) < 4.78 is 1.51. The maximum absolute atomic E-state index is 2.18. The second-order valence-electron chi connectivity index (χ2n) is 1.13. The minimum Gasteiger partial charge on any atom is -0.0734 e. The van der Waals surface area contributed by atoms with Crippen molar-refractivity contribution in [1.82, 2.24) is 0 Å². The van der Waals surface area contributed by atoms with Crippen LogP contribution in [0.1, 0.15) is 13.3 Å². The topological polar surface area (TPSA) is 0 Å². The molecule has 0 amide bonds. The molecule has 0 bridgehead atoms. The molecular weight excluding hydrogens is 124 g/mol. The van der Waals surface area contributed by atoms with Gasteiger partial charge in [-0.1, -0.05) is 18.7 Å². The summed E-state index contributed by atoms with van der Waals surface area (Å²) in [5.41, 5.74) is 0. The van der Waals surface area contributed by atoms with Gasteiger partial charge in [0.2, 0.25) is 4.20 Å². The molecule has 0 atom stereocenters. The molecule has 0 aliphatic rings. The van der Waals surface area contributed by atoms with E-state index in [-0.39, 0.29) is 0 Å². The van der Waals surface area contributed by atoms with Crippen LogP contribution >= 0.6 is 11.8 Å². The third-order valence-electron chi connectivity index (χ3n) is 0.744. The van der Waals surface area contributed by atoms with Gasteiger partial charge in [-0.3, -0.25) is 0 Å². The van der Waals surface area contributed by atoms with Crippen LogP contribution in [-0.4, -0.2) is 16.7 Å². The van der Waals surface area contributed by atoms with Gasteiger partial charge >= 0.3 is 0 Å². The second-order valence-corrected chi connectivity index (χ2v) is 3.19. The molecule has 0 N–H and O–H groups in total. The number of thioether (sulfide) groups is 1. The summed E-state index contributed by atoms with van der Waals surface area (Å²) in [4.78, 5) is 0. The van der Waals surface area contributed by atoms with Gasteiger partial charge in [-0.05, 0) is 6.26 Å². The van der Waals surface area contributed by atoms with Crippen molar-refractivity contribution >= 4 is 27.3 Å². The van der Waals surface area contributed by atoms with Gasteiger partial charge in [0.05, 0.1) is 0 Å². The normalized spacial score (nSPS) is 12.1. The maximum atomic E-state index is 2.18. The Balaban J connectivity index is 3.38.